The van der Waals surface area contributed by atoms with Crippen molar-refractivity contribution in [3.63, 3.8) is 0 Å². The average Bonchev–Trinajstić information content (AvgIpc) is 2.41. The number of piperazine rings is 1. The van der Waals surface area contributed by atoms with Crippen molar-refractivity contribution in [2.24, 2.45) is 0 Å². The van der Waals surface area contributed by atoms with E-state index in [2.05, 4.69) is 10.6 Å². The van der Waals surface area contributed by atoms with E-state index in [1.165, 1.54) is 17.3 Å². The van der Waals surface area contributed by atoms with E-state index in [4.69, 9.17) is 0 Å². The zero-order valence-electron chi connectivity index (χ0n) is 12.0. The fourth-order valence-electron chi connectivity index (χ4n) is 2.12. The molecule has 1 heterocycles. The van der Waals surface area contributed by atoms with Crippen LogP contribution in [0.15, 0.2) is 23.1 Å². The molecule has 0 spiro atoms. The minimum absolute atomic E-state index is 0. The Hall–Kier alpha value is -1.15. The van der Waals surface area contributed by atoms with E-state index in [-0.39, 0.29) is 23.2 Å². The number of carbonyl (C=O) groups excluding carboxylic acids is 1. The summed E-state index contributed by atoms with van der Waals surface area (Å²) in [6.45, 7) is 5.47. The van der Waals surface area contributed by atoms with Crippen LogP contribution in [0.5, 0.6) is 0 Å². The van der Waals surface area contributed by atoms with Crippen molar-refractivity contribution in [2.75, 3.05) is 31.5 Å². The number of amides is 1. The quantitative estimate of drug-likeness (QED) is 0.864. The highest BCUT2D eigenvalue weighted by Crippen LogP contribution is 2.23. The molecule has 0 radical (unpaired) electrons. The van der Waals surface area contributed by atoms with Crippen molar-refractivity contribution >= 4 is 34.0 Å². The molecule has 1 fully saturated rings. The van der Waals surface area contributed by atoms with E-state index >= 15 is 0 Å². The molecule has 1 saturated heterocycles. The Kier molecular flexibility index (Phi) is 6.15. The lowest BCUT2D eigenvalue weighted by molar-refractivity contribution is -0.114. The Bertz CT molecular complexity index is 613. The molecule has 2 rings (SSSR count). The van der Waals surface area contributed by atoms with Gasteiger partial charge in [0, 0.05) is 38.8 Å². The summed E-state index contributed by atoms with van der Waals surface area (Å²) >= 11 is 0. The van der Waals surface area contributed by atoms with Gasteiger partial charge in [0.1, 0.15) is 0 Å². The smallest absolute Gasteiger partial charge is 0.243 e. The molecule has 1 amide bonds. The van der Waals surface area contributed by atoms with Gasteiger partial charge in [0.05, 0.1) is 4.90 Å². The number of anilines is 1. The van der Waals surface area contributed by atoms with Gasteiger partial charge in [0.25, 0.3) is 0 Å². The maximum atomic E-state index is 12.5. The van der Waals surface area contributed by atoms with E-state index < -0.39 is 10.0 Å². The average molecular weight is 334 g/mol. The van der Waals surface area contributed by atoms with Gasteiger partial charge in [-0.15, -0.1) is 12.4 Å². The molecule has 6 nitrogen and oxygen atoms in total. The Morgan fingerprint density at radius 3 is 2.48 bits per heavy atom. The van der Waals surface area contributed by atoms with Crippen LogP contribution in [0.4, 0.5) is 5.69 Å². The van der Waals surface area contributed by atoms with Crippen LogP contribution in [-0.4, -0.2) is 44.8 Å². The summed E-state index contributed by atoms with van der Waals surface area (Å²) < 4.78 is 26.5. The number of nitrogens with zero attached hydrogens (tertiary/aromatic N) is 1. The summed E-state index contributed by atoms with van der Waals surface area (Å²) in [4.78, 5) is 11.4. The lowest BCUT2D eigenvalue weighted by Gasteiger charge is -2.26. The normalized spacial score (nSPS) is 16.1. The number of benzene rings is 1. The summed E-state index contributed by atoms with van der Waals surface area (Å²) in [5, 5.41) is 5.78. The first kappa shape index (κ1) is 17.9. The number of halogens is 1. The monoisotopic (exact) mass is 333 g/mol. The van der Waals surface area contributed by atoms with Gasteiger partial charge in [0.2, 0.25) is 15.9 Å². The van der Waals surface area contributed by atoms with Crippen molar-refractivity contribution in [1.82, 2.24) is 9.62 Å². The molecule has 0 bridgehead atoms. The van der Waals surface area contributed by atoms with Crippen molar-refractivity contribution in [3.05, 3.63) is 23.8 Å². The number of sulfonamides is 1. The third-order valence-electron chi connectivity index (χ3n) is 3.23. The van der Waals surface area contributed by atoms with Crippen molar-refractivity contribution in [1.29, 1.82) is 0 Å². The van der Waals surface area contributed by atoms with E-state index in [1.54, 1.807) is 12.1 Å². The van der Waals surface area contributed by atoms with Gasteiger partial charge in [-0.25, -0.2) is 8.42 Å². The summed E-state index contributed by atoms with van der Waals surface area (Å²) in [6, 6.07) is 4.81. The van der Waals surface area contributed by atoms with E-state index in [1.807, 2.05) is 6.92 Å². The van der Waals surface area contributed by atoms with Gasteiger partial charge >= 0.3 is 0 Å². The maximum Gasteiger partial charge on any atom is 0.243 e. The zero-order valence-corrected chi connectivity index (χ0v) is 13.7. The molecule has 0 atom stereocenters. The number of rotatable bonds is 3. The summed E-state index contributed by atoms with van der Waals surface area (Å²) in [5.74, 6) is -0.218. The Balaban J connectivity index is 0.00000220. The molecule has 21 heavy (non-hydrogen) atoms. The number of carbonyl (C=O) groups is 1. The third-order valence-corrected chi connectivity index (χ3v) is 5.13. The summed E-state index contributed by atoms with van der Waals surface area (Å²) in [6.07, 6.45) is 0. The molecular formula is C13H20ClN3O3S. The fraction of sp³-hybridized carbons (Fsp3) is 0.462. The SMILES string of the molecule is CC(=O)Nc1cc(S(=O)(=O)N2CCNCC2)ccc1C.Cl. The van der Waals surface area contributed by atoms with E-state index in [0.29, 0.717) is 31.9 Å². The van der Waals surface area contributed by atoms with Gasteiger partial charge < -0.3 is 10.6 Å². The number of nitrogens with one attached hydrogen (secondary N) is 2. The van der Waals surface area contributed by atoms with Gasteiger partial charge in [-0.3, -0.25) is 4.79 Å². The minimum Gasteiger partial charge on any atom is -0.326 e. The second kappa shape index (κ2) is 7.22. The molecule has 118 valence electrons. The van der Waals surface area contributed by atoms with Crippen LogP contribution >= 0.6 is 12.4 Å². The first-order valence-electron chi connectivity index (χ1n) is 6.50. The highest BCUT2D eigenvalue weighted by molar-refractivity contribution is 7.89. The van der Waals surface area contributed by atoms with Crippen LogP contribution in [-0.2, 0) is 14.8 Å². The van der Waals surface area contributed by atoms with Gasteiger partial charge in [-0.1, -0.05) is 6.07 Å². The highest BCUT2D eigenvalue weighted by atomic mass is 35.5. The molecule has 1 aromatic carbocycles. The van der Waals surface area contributed by atoms with Crippen LogP contribution in [0.1, 0.15) is 12.5 Å². The number of hydrogen-bond donors (Lipinski definition) is 2. The van der Waals surface area contributed by atoms with Crippen LogP contribution in [0, 0.1) is 6.92 Å². The van der Waals surface area contributed by atoms with Gasteiger partial charge in [-0.05, 0) is 24.6 Å². The lowest BCUT2D eigenvalue weighted by atomic mass is 10.2. The molecule has 0 aromatic heterocycles. The Labute approximate surface area is 131 Å². The third kappa shape index (κ3) is 4.16. The molecule has 0 saturated carbocycles. The summed E-state index contributed by atoms with van der Waals surface area (Å²) in [7, 11) is -3.50. The van der Waals surface area contributed by atoms with E-state index in [0.717, 1.165) is 5.56 Å². The lowest BCUT2D eigenvalue weighted by Crippen LogP contribution is -2.46. The zero-order chi connectivity index (χ0) is 14.8. The fourth-order valence-corrected chi connectivity index (χ4v) is 3.59. The molecule has 0 aliphatic carbocycles. The first-order chi connectivity index (χ1) is 9.41. The topological polar surface area (TPSA) is 78.5 Å². The summed E-state index contributed by atoms with van der Waals surface area (Å²) in [5.41, 5.74) is 1.37. The predicted molar refractivity (Wildman–Crippen MR) is 84.4 cm³/mol. The number of hydrogen-bond acceptors (Lipinski definition) is 4. The first-order valence-corrected chi connectivity index (χ1v) is 7.94. The largest absolute Gasteiger partial charge is 0.326 e. The van der Waals surface area contributed by atoms with Gasteiger partial charge in [0.15, 0.2) is 0 Å². The minimum atomic E-state index is -3.50. The molecule has 1 aliphatic heterocycles. The Morgan fingerprint density at radius 2 is 1.90 bits per heavy atom. The molecule has 1 aliphatic rings. The molecule has 0 unspecified atom stereocenters. The maximum absolute atomic E-state index is 12.5. The van der Waals surface area contributed by atoms with Crippen molar-refractivity contribution in [2.45, 2.75) is 18.7 Å². The van der Waals surface area contributed by atoms with E-state index in [9.17, 15) is 13.2 Å². The van der Waals surface area contributed by atoms with Crippen LogP contribution in [0.2, 0.25) is 0 Å². The standard InChI is InChI=1S/C13H19N3O3S.ClH/c1-10-3-4-12(9-13(10)15-11(2)17)20(18,19)16-7-5-14-6-8-16;/h3-4,9,14H,5-8H2,1-2H3,(H,15,17);1H. The van der Waals surface area contributed by atoms with Crippen LogP contribution < -0.4 is 10.6 Å². The molecular weight excluding hydrogens is 314 g/mol. The van der Waals surface area contributed by atoms with Crippen LogP contribution in [0.25, 0.3) is 0 Å². The van der Waals surface area contributed by atoms with Crippen LogP contribution in [0.3, 0.4) is 0 Å². The number of aryl methyl sites for hydroxylation is 1. The molecule has 8 heteroatoms. The Morgan fingerprint density at radius 1 is 1.29 bits per heavy atom. The molecule has 1 aromatic rings. The predicted octanol–water partition coefficient (Wildman–Crippen LogP) is 0.969. The second-order valence-electron chi connectivity index (χ2n) is 4.81. The molecule has 2 N–H and O–H groups in total. The second-order valence-corrected chi connectivity index (χ2v) is 6.75. The van der Waals surface area contributed by atoms with Gasteiger partial charge in [-0.2, -0.15) is 4.31 Å². The van der Waals surface area contributed by atoms with Crippen molar-refractivity contribution in [3.8, 4) is 0 Å². The van der Waals surface area contributed by atoms with Crippen molar-refractivity contribution < 1.29 is 13.2 Å². The highest BCUT2D eigenvalue weighted by Gasteiger charge is 2.26.